The first-order chi connectivity index (χ1) is 9.64. The summed E-state index contributed by atoms with van der Waals surface area (Å²) < 4.78 is 0. The van der Waals surface area contributed by atoms with Gasteiger partial charge in [-0.15, -0.1) is 24.0 Å². The van der Waals surface area contributed by atoms with E-state index in [4.69, 9.17) is 0 Å². The Labute approximate surface area is 145 Å². The highest BCUT2D eigenvalue weighted by atomic mass is 127. The molecule has 3 rings (SSSR count). The number of halogens is 1. The molecule has 0 bridgehead atoms. The molecule has 0 aromatic heterocycles. The van der Waals surface area contributed by atoms with Crippen LogP contribution in [0.5, 0.6) is 0 Å². The van der Waals surface area contributed by atoms with Crippen LogP contribution in [0.1, 0.15) is 37.3 Å². The second-order valence-electron chi connectivity index (χ2n) is 6.48. The Balaban J connectivity index is 0.00000161. The average Bonchev–Trinajstić information content (AvgIpc) is 3.35. The maximum absolute atomic E-state index is 4.34. The quantitative estimate of drug-likeness (QED) is 0.464. The molecule has 3 nitrogen and oxygen atoms in total. The van der Waals surface area contributed by atoms with Crippen LogP contribution in [0.4, 0.5) is 0 Å². The molecule has 0 spiro atoms. The number of nitrogens with zero attached hydrogens (tertiary/aromatic N) is 1. The Bertz CT molecular complexity index is 523. The first kappa shape index (κ1) is 16.6. The molecule has 1 aromatic rings. The smallest absolute Gasteiger partial charge is 0.191 e. The van der Waals surface area contributed by atoms with Crippen molar-refractivity contribution in [3.63, 3.8) is 0 Å². The fraction of sp³-hybridized carbons (Fsp3) is 0.588. The molecular weight excluding hydrogens is 373 g/mol. The highest BCUT2D eigenvalue weighted by Crippen LogP contribution is 2.48. The minimum atomic E-state index is 0. The van der Waals surface area contributed by atoms with E-state index in [0.717, 1.165) is 18.4 Å². The predicted octanol–water partition coefficient (Wildman–Crippen LogP) is 3.22. The molecule has 0 saturated heterocycles. The molecule has 2 aliphatic rings. The van der Waals surface area contributed by atoms with Gasteiger partial charge in [-0.2, -0.15) is 0 Å². The standard InChI is InChI=1S/C17H25N3.HI/c1-12-6-4-5-7-14(12)17(8-9-17)11-19-16(18-3)20-15-10-13(15)2;/h4-7,13,15H,8-11H2,1-3H3,(H2,18,19,20);1H. The van der Waals surface area contributed by atoms with E-state index >= 15 is 0 Å². The van der Waals surface area contributed by atoms with E-state index < -0.39 is 0 Å². The van der Waals surface area contributed by atoms with Gasteiger partial charge in [0.1, 0.15) is 0 Å². The molecule has 0 amide bonds. The lowest BCUT2D eigenvalue weighted by molar-refractivity contribution is 0.639. The number of benzene rings is 1. The van der Waals surface area contributed by atoms with Crippen molar-refractivity contribution in [2.75, 3.05) is 13.6 Å². The van der Waals surface area contributed by atoms with Gasteiger partial charge in [0.2, 0.25) is 0 Å². The second kappa shape index (κ2) is 6.55. The van der Waals surface area contributed by atoms with Crippen molar-refractivity contribution in [2.45, 2.75) is 44.6 Å². The van der Waals surface area contributed by atoms with Crippen molar-refractivity contribution in [1.82, 2.24) is 10.6 Å². The molecule has 2 saturated carbocycles. The minimum absolute atomic E-state index is 0. The number of hydrogen-bond acceptors (Lipinski definition) is 1. The third-order valence-electron chi connectivity index (χ3n) is 4.82. The topological polar surface area (TPSA) is 36.4 Å². The minimum Gasteiger partial charge on any atom is -0.356 e. The van der Waals surface area contributed by atoms with Crippen LogP contribution in [-0.4, -0.2) is 25.6 Å². The molecule has 21 heavy (non-hydrogen) atoms. The SMILES string of the molecule is CN=C(NCC1(c2ccccc2C)CC1)NC1CC1C.I. The number of nitrogens with one attached hydrogen (secondary N) is 2. The van der Waals surface area contributed by atoms with E-state index in [1.165, 1.54) is 30.4 Å². The van der Waals surface area contributed by atoms with E-state index in [0.29, 0.717) is 11.5 Å². The largest absolute Gasteiger partial charge is 0.356 e. The zero-order valence-electron chi connectivity index (χ0n) is 13.1. The van der Waals surface area contributed by atoms with Crippen LogP contribution in [0.25, 0.3) is 0 Å². The fourth-order valence-electron chi connectivity index (χ4n) is 3.01. The summed E-state index contributed by atoms with van der Waals surface area (Å²) in [6.07, 6.45) is 3.83. The summed E-state index contributed by atoms with van der Waals surface area (Å²) in [6.45, 7) is 5.48. The molecule has 0 heterocycles. The molecule has 2 unspecified atom stereocenters. The molecule has 2 aliphatic carbocycles. The lowest BCUT2D eigenvalue weighted by atomic mass is 9.92. The normalized spacial score (nSPS) is 25.8. The zero-order chi connectivity index (χ0) is 14.2. The molecular formula is C17H26IN3. The predicted molar refractivity (Wildman–Crippen MR) is 99.6 cm³/mol. The van der Waals surface area contributed by atoms with E-state index in [-0.39, 0.29) is 24.0 Å². The molecule has 2 atom stereocenters. The summed E-state index contributed by atoms with van der Waals surface area (Å²) in [5.41, 5.74) is 3.24. The van der Waals surface area contributed by atoms with Crippen LogP contribution in [0.3, 0.4) is 0 Å². The van der Waals surface area contributed by atoms with Crippen molar-refractivity contribution in [2.24, 2.45) is 10.9 Å². The summed E-state index contributed by atoms with van der Waals surface area (Å²) in [5.74, 6) is 1.75. The third kappa shape index (κ3) is 3.71. The first-order valence-corrected chi connectivity index (χ1v) is 7.68. The Morgan fingerprint density at radius 1 is 1.33 bits per heavy atom. The summed E-state index contributed by atoms with van der Waals surface area (Å²) in [6, 6.07) is 9.39. The van der Waals surface area contributed by atoms with Crippen molar-refractivity contribution >= 4 is 29.9 Å². The molecule has 0 aliphatic heterocycles. The van der Waals surface area contributed by atoms with E-state index in [1.54, 1.807) is 0 Å². The van der Waals surface area contributed by atoms with Gasteiger partial charge in [0.15, 0.2) is 5.96 Å². The highest BCUT2D eigenvalue weighted by Gasteiger charge is 2.45. The van der Waals surface area contributed by atoms with E-state index in [1.807, 2.05) is 7.05 Å². The number of guanidine groups is 1. The van der Waals surface area contributed by atoms with Gasteiger partial charge in [-0.25, -0.2) is 0 Å². The second-order valence-corrected chi connectivity index (χ2v) is 6.48. The molecule has 4 heteroatoms. The monoisotopic (exact) mass is 399 g/mol. The van der Waals surface area contributed by atoms with E-state index in [2.05, 4.69) is 53.7 Å². The molecule has 2 fully saturated rings. The summed E-state index contributed by atoms with van der Waals surface area (Å²) in [7, 11) is 1.86. The Morgan fingerprint density at radius 2 is 2.00 bits per heavy atom. The Morgan fingerprint density at radius 3 is 2.52 bits per heavy atom. The average molecular weight is 399 g/mol. The molecule has 2 N–H and O–H groups in total. The van der Waals surface area contributed by atoms with Crippen LogP contribution in [0, 0.1) is 12.8 Å². The van der Waals surface area contributed by atoms with Crippen molar-refractivity contribution in [1.29, 1.82) is 0 Å². The van der Waals surface area contributed by atoms with Gasteiger partial charge in [-0.05, 0) is 43.2 Å². The molecule has 116 valence electrons. The summed E-state index contributed by atoms with van der Waals surface area (Å²) in [4.78, 5) is 4.34. The van der Waals surface area contributed by atoms with Gasteiger partial charge in [-0.3, -0.25) is 4.99 Å². The lowest BCUT2D eigenvalue weighted by Crippen LogP contribution is -2.42. The van der Waals surface area contributed by atoms with Gasteiger partial charge in [0, 0.05) is 25.0 Å². The Kier molecular flexibility index (Phi) is 5.17. The highest BCUT2D eigenvalue weighted by molar-refractivity contribution is 14.0. The van der Waals surface area contributed by atoms with Crippen LogP contribution in [-0.2, 0) is 5.41 Å². The van der Waals surface area contributed by atoms with Crippen molar-refractivity contribution < 1.29 is 0 Å². The number of rotatable bonds is 4. The summed E-state index contributed by atoms with van der Waals surface area (Å²) in [5, 5.41) is 7.02. The summed E-state index contributed by atoms with van der Waals surface area (Å²) >= 11 is 0. The van der Waals surface area contributed by atoms with Gasteiger partial charge < -0.3 is 10.6 Å². The van der Waals surface area contributed by atoms with Gasteiger partial charge in [-0.1, -0.05) is 31.2 Å². The zero-order valence-corrected chi connectivity index (χ0v) is 15.5. The van der Waals surface area contributed by atoms with Gasteiger partial charge >= 0.3 is 0 Å². The number of aryl methyl sites for hydroxylation is 1. The van der Waals surface area contributed by atoms with E-state index in [9.17, 15) is 0 Å². The third-order valence-corrected chi connectivity index (χ3v) is 4.82. The van der Waals surface area contributed by atoms with Crippen LogP contribution in [0.2, 0.25) is 0 Å². The van der Waals surface area contributed by atoms with Crippen molar-refractivity contribution in [3.8, 4) is 0 Å². The molecule has 1 aromatic carbocycles. The van der Waals surface area contributed by atoms with Crippen LogP contribution < -0.4 is 10.6 Å². The van der Waals surface area contributed by atoms with Crippen LogP contribution in [0.15, 0.2) is 29.3 Å². The fourth-order valence-corrected chi connectivity index (χ4v) is 3.01. The maximum Gasteiger partial charge on any atom is 0.191 e. The molecule has 0 radical (unpaired) electrons. The van der Waals surface area contributed by atoms with Crippen molar-refractivity contribution in [3.05, 3.63) is 35.4 Å². The van der Waals surface area contributed by atoms with Crippen LogP contribution >= 0.6 is 24.0 Å². The Hall–Kier alpha value is -0.780. The van der Waals surface area contributed by atoms with Gasteiger partial charge in [0.05, 0.1) is 0 Å². The lowest BCUT2D eigenvalue weighted by Gasteiger charge is -2.20. The van der Waals surface area contributed by atoms with Gasteiger partial charge in [0.25, 0.3) is 0 Å². The first-order valence-electron chi connectivity index (χ1n) is 7.68. The maximum atomic E-state index is 4.34. The number of hydrogen-bond donors (Lipinski definition) is 2. The number of aliphatic imine (C=N–C) groups is 1.